The number of benzene rings is 6. The van der Waals surface area contributed by atoms with Gasteiger partial charge in [0.05, 0.1) is 52.1 Å². The molecular weight excluding hydrogens is 937 g/mol. The first-order valence-corrected chi connectivity index (χ1v) is 23.2. The third kappa shape index (κ3) is 12.6. The van der Waals surface area contributed by atoms with Crippen LogP contribution in [-0.2, 0) is 51.2 Å². The molecule has 0 saturated heterocycles. The topological polar surface area (TPSA) is 241 Å². The van der Waals surface area contributed by atoms with Gasteiger partial charge in [-0.3, -0.25) is 9.59 Å². The number of esters is 2. The van der Waals surface area contributed by atoms with Crippen molar-refractivity contribution in [3.63, 3.8) is 0 Å². The van der Waals surface area contributed by atoms with Crippen molar-refractivity contribution < 1.29 is 57.5 Å². The van der Waals surface area contributed by atoms with E-state index >= 15 is 0 Å². The number of rotatable bonds is 14. The normalized spacial score (nSPS) is 10.8. The minimum absolute atomic E-state index is 0.00925. The first-order chi connectivity index (χ1) is 35.3. The smallest absolute Gasteiger partial charge is 0.343 e. The molecule has 6 aromatic carbocycles. The summed E-state index contributed by atoms with van der Waals surface area (Å²) in [6, 6.07) is 42.0. The molecule has 15 heteroatoms. The summed E-state index contributed by atoms with van der Waals surface area (Å²) in [7, 11) is 1.29. The zero-order valence-corrected chi connectivity index (χ0v) is 39.8. The number of aromatic hydroxyl groups is 3. The zero-order valence-electron chi connectivity index (χ0n) is 39.8. The molecule has 0 amide bonds. The molecule has 15 nitrogen and oxygen atoms in total. The van der Waals surface area contributed by atoms with E-state index in [0.717, 1.165) is 22.3 Å². The Morgan fingerprint density at radius 2 is 0.808 bits per heavy atom. The number of hydrogen-bond donors (Lipinski definition) is 4. The fraction of sp³-hybridized carbons (Fsp3) is 0.172. The summed E-state index contributed by atoms with van der Waals surface area (Å²) in [6.07, 6.45) is 1.65. The minimum atomic E-state index is -0.877. The highest BCUT2D eigenvalue weighted by Gasteiger charge is 2.20. The van der Waals surface area contributed by atoms with Gasteiger partial charge in [0.25, 0.3) is 0 Å². The molecule has 0 atom stereocenters. The predicted octanol–water partition coefficient (Wildman–Crippen LogP) is 9.57. The molecule has 0 unspecified atom stereocenters. The van der Waals surface area contributed by atoms with Crippen LogP contribution in [0.1, 0.15) is 74.6 Å². The van der Waals surface area contributed by atoms with Gasteiger partial charge in [-0.2, -0.15) is 0 Å². The third-order valence-corrected chi connectivity index (χ3v) is 11.9. The molecule has 372 valence electrons. The van der Waals surface area contributed by atoms with E-state index in [1.165, 1.54) is 7.11 Å². The van der Waals surface area contributed by atoms with Gasteiger partial charge < -0.3 is 43.2 Å². The molecule has 3 heterocycles. The monoisotopic (exact) mass is 986 g/mol. The van der Waals surface area contributed by atoms with Gasteiger partial charge in [-0.15, -0.1) is 0 Å². The zero-order chi connectivity index (χ0) is 52.0. The Morgan fingerprint density at radius 3 is 1.21 bits per heavy atom. The van der Waals surface area contributed by atoms with Crippen LogP contribution in [0.15, 0.2) is 173 Å². The van der Waals surface area contributed by atoms with Gasteiger partial charge >= 0.3 is 34.8 Å². The number of aliphatic carboxylic acids is 1. The largest absolute Gasteiger partial charge is 0.507 e. The van der Waals surface area contributed by atoms with Gasteiger partial charge in [0.2, 0.25) is 0 Å². The highest BCUT2D eigenvalue weighted by Crippen LogP contribution is 2.31. The minimum Gasteiger partial charge on any atom is -0.507 e. The van der Waals surface area contributed by atoms with Crippen LogP contribution in [0.4, 0.5) is 0 Å². The summed E-state index contributed by atoms with van der Waals surface area (Å²) in [5.74, 6) is -1.90. The lowest BCUT2D eigenvalue weighted by atomic mass is 9.96. The van der Waals surface area contributed by atoms with Gasteiger partial charge in [-0.1, -0.05) is 103 Å². The molecule has 0 spiro atoms. The van der Waals surface area contributed by atoms with Crippen LogP contribution in [0.25, 0.3) is 32.9 Å². The first kappa shape index (κ1) is 51.6. The van der Waals surface area contributed by atoms with E-state index in [2.05, 4.69) is 0 Å². The highest BCUT2D eigenvalue weighted by atomic mass is 16.5. The number of carbonyl (C=O) groups is 3. The van der Waals surface area contributed by atoms with Crippen molar-refractivity contribution in [2.45, 2.75) is 51.9 Å². The standard InChI is InChI=1S/C21H20O5.C19H16O5.C18H14O5/c1-2-25-19(22)12-11-14-7-3-4-8-15(14)13-17-20(23)16-9-5-6-10-18(16)26-21(17)24;20-17(21)10-9-12-5-1-2-6-13(12)11-15-18(22)14-7-3-4-8-16(14)24-19(15)23;1-22-17(20)12-7-3-2-6-11(12)10-14-16(19)13-8-4-5-9-15(13)23-18(14)21/h3-10,23H,2,11-13H2,1H3;1-8,22H,9-11H2,(H,20,21);2-9,19H,10H2,1H3. The second-order valence-corrected chi connectivity index (χ2v) is 16.6. The maximum Gasteiger partial charge on any atom is 0.343 e. The molecular formula is C58H50O15. The van der Waals surface area contributed by atoms with Crippen LogP contribution in [0.5, 0.6) is 17.2 Å². The van der Waals surface area contributed by atoms with Crippen molar-refractivity contribution in [2.75, 3.05) is 13.7 Å². The van der Waals surface area contributed by atoms with Crippen LogP contribution >= 0.6 is 0 Å². The number of carbonyl (C=O) groups excluding carboxylic acids is 2. The predicted molar refractivity (Wildman–Crippen MR) is 272 cm³/mol. The van der Waals surface area contributed by atoms with Crippen LogP contribution in [0.3, 0.4) is 0 Å². The third-order valence-electron chi connectivity index (χ3n) is 11.9. The molecule has 0 radical (unpaired) electrons. The summed E-state index contributed by atoms with van der Waals surface area (Å²) in [6.45, 7) is 2.13. The van der Waals surface area contributed by atoms with E-state index in [1.54, 1.807) is 104 Å². The number of hydrogen-bond acceptors (Lipinski definition) is 14. The molecule has 73 heavy (non-hydrogen) atoms. The molecule has 9 aromatic rings. The molecule has 0 aliphatic rings. The first-order valence-electron chi connectivity index (χ1n) is 23.2. The second kappa shape index (κ2) is 24.1. The lowest BCUT2D eigenvalue weighted by Crippen LogP contribution is -2.12. The van der Waals surface area contributed by atoms with Gasteiger partial charge in [0.15, 0.2) is 0 Å². The number of methoxy groups -OCH3 is 1. The molecule has 9 rings (SSSR count). The van der Waals surface area contributed by atoms with Crippen LogP contribution < -0.4 is 16.9 Å². The van der Waals surface area contributed by atoms with Gasteiger partial charge in [0, 0.05) is 32.1 Å². The van der Waals surface area contributed by atoms with Gasteiger partial charge in [-0.05, 0) is 90.0 Å². The summed E-state index contributed by atoms with van der Waals surface area (Å²) in [4.78, 5) is 70.9. The summed E-state index contributed by atoms with van der Waals surface area (Å²) < 4.78 is 25.5. The Hall–Kier alpha value is -9.24. The number of aryl methyl sites for hydroxylation is 2. The fourth-order valence-corrected chi connectivity index (χ4v) is 8.20. The maximum absolute atomic E-state index is 12.3. The van der Waals surface area contributed by atoms with Crippen molar-refractivity contribution in [1.82, 2.24) is 0 Å². The number of carboxylic acid groups (broad SMARTS) is 1. The number of ether oxygens (including phenoxy) is 2. The Labute approximate surface area is 416 Å². The van der Waals surface area contributed by atoms with E-state index in [4.69, 9.17) is 27.8 Å². The van der Waals surface area contributed by atoms with Crippen molar-refractivity contribution in [3.8, 4) is 17.2 Å². The van der Waals surface area contributed by atoms with E-state index in [9.17, 15) is 44.1 Å². The lowest BCUT2D eigenvalue weighted by molar-refractivity contribution is -0.143. The average Bonchev–Trinajstić information content (AvgIpc) is 3.39. The van der Waals surface area contributed by atoms with E-state index in [1.807, 2.05) is 48.5 Å². The maximum atomic E-state index is 12.3. The summed E-state index contributed by atoms with van der Waals surface area (Å²) >= 11 is 0. The fourth-order valence-electron chi connectivity index (χ4n) is 8.20. The van der Waals surface area contributed by atoms with E-state index in [0.29, 0.717) is 63.5 Å². The molecule has 0 aliphatic carbocycles. The SMILES string of the molecule is CCOC(=O)CCc1ccccc1Cc1c(O)c2ccccc2oc1=O.COC(=O)c1ccccc1Cc1c(O)c2ccccc2oc1=O.O=C(O)CCc1ccccc1Cc1c(O)c2ccccc2oc1=O. The van der Waals surface area contributed by atoms with E-state index < -0.39 is 28.8 Å². The molecule has 3 aromatic heterocycles. The quantitative estimate of drug-likeness (QED) is 0.0586. The molecule has 4 N–H and O–H groups in total. The van der Waals surface area contributed by atoms with Gasteiger partial charge in [-0.25, -0.2) is 19.2 Å². The summed E-state index contributed by atoms with van der Waals surface area (Å²) in [5, 5.41) is 41.7. The van der Waals surface area contributed by atoms with Crippen molar-refractivity contribution in [2.24, 2.45) is 0 Å². The Kier molecular flexibility index (Phi) is 17.0. The Balaban J connectivity index is 0.000000161. The molecule has 0 aliphatic heterocycles. The van der Waals surface area contributed by atoms with Crippen LogP contribution in [0.2, 0.25) is 0 Å². The van der Waals surface area contributed by atoms with Crippen LogP contribution in [-0.4, -0.2) is 52.1 Å². The lowest BCUT2D eigenvalue weighted by Gasteiger charge is -2.11. The number of para-hydroxylation sites is 3. The highest BCUT2D eigenvalue weighted by molar-refractivity contribution is 5.91. The Bertz CT molecular complexity index is 3640. The molecule has 0 bridgehead atoms. The molecule has 0 fully saturated rings. The van der Waals surface area contributed by atoms with Crippen molar-refractivity contribution >= 4 is 50.8 Å². The van der Waals surface area contributed by atoms with Crippen LogP contribution in [0, 0.1) is 0 Å². The number of fused-ring (bicyclic) bond motifs is 3. The van der Waals surface area contributed by atoms with E-state index in [-0.39, 0.29) is 72.0 Å². The van der Waals surface area contributed by atoms with Crippen molar-refractivity contribution in [3.05, 3.63) is 227 Å². The van der Waals surface area contributed by atoms with Gasteiger partial charge in [0.1, 0.15) is 34.0 Å². The molecule has 0 saturated carbocycles. The average molecular weight is 987 g/mol. The number of carboxylic acids is 1. The Morgan fingerprint density at radius 1 is 0.466 bits per heavy atom. The summed E-state index contributed by atoms with van der Waals surface area (Å²) in [5.41, 5.74) is 4.13. The van der Waals surface area contributed by atoms with Crippen molar-refractivity contribution in [1.29, 1.82) is 0 Å². The second-order valence-electron chi connectivity index (χ2n) is 16.6.